The number of fused-ring (bicyclic) bond motifs is 5. The molecule has 1 aromatic carbocycles. The summed E-state index contributed by atoms with van der Waals surface area (Å²) in [5.74, 6) is 0.936. The van der Waals surface area contributed by atoms with Crippen LogP contribution in [0.1, 0.15) is 24.0 Å². The fourth-order valence-electron chi connectivity index (χ4n) is 4.79. The summed E-state index contributed by atoms with van der Waals surface area (Å²) in [4.78, 5) is 31.0. The number of hydrogen-bond acceptors (Lipinski definition) is 4. The molecule has 1 heterocycles. The van der Waals surface area contributed by atoms with Gasteiger partial charge in [-0.15, -0.1) is 24.0 Å². The number of aliphatic imine (C=N–C) groups is 1. The molecule has 1 aromatic rings. The summed E-state index contributed by atoms with van der Waals surface area (Å²) in [5.41, 5.74) is 1.62. The Kier molecular flexibility index (Phi) is 7.13. The number of allylic oxidation sites excluding steroid dienone is 2. The van der Waals surface area contributed by atoms with Crippen LogP contribution in [0.15, 0.2) is 41.4 Å². The maximum Gasteiger partial charge on any atom is 0.233 e. The zero-order valence-corrected chi connectivity index (χ0v) is 19.2. The van der Waals surface area contributed by atoms with Crippen LogP contribution in [0.2, 0.25) is 0 Å². The standard InChI is InChI=1S/C22H25N5O2.HI/c1-24-22(26-13-15-5-2-4-14(10-15)12-23)25-8-3-9-27-20(28)18-16-6-7-17(11-16)19(18)21(27)29;/h2,4-7,10,16-19H,3,8-9,11,13H2,1H3,(H2,24,25,26);1H. The van der Waals surface area contributed by atoms with Gasteiger partial charge in [-0.3, -0.25) is 19.5 Å². The van der Waals surface area contributed by atoms with E-state index in [0.29, 0.717) is 37.6 Å². The fourth-order valence-corrected chi connectivity index (χ4v) is 4.79. The second-order valence-electron chi connectivity index (χ2n) is 7.85. The number of nitriles is 1. The van der Waals surface area contributed by atoms with E-state index in [0.717, 1.165) is 12.0 Å². The predicted molar refractivity (Wildman–Crippen MR) is 124 cm³/mol. The number of carbonyl (C=O) groups excluding carboxylic acids is 2. The van der Waals surface area contributed by atoms with Crippen LogP contribution < -0.4 is 10.6 Å². The van der Waals surface area contributed by atoms with E-state index in [-0.39, 0.29) is 59.5 Å². The molecule has 1 saturated heterocycles. The Bertz CT molecular complexity index is 892. The molecule has 4 atom stereocenters. The van der Waals surface area contributed by atoms with Gasteiger partial charge in [0, 0.05) is 26.7 Å². The summed E-state index contributed by atoms with van der Waals surface area (Å²) >= 11 is 0. The molecule has 4 unspecified atom stereocenters. The lowest BCUT2D eigenvalue weighted by molar-refractivity contribution is -0.140. The number of hydrogen-bond donors (Lipinski definition) is 2. The number of rotatable bonds is 6. The minimum atomic E-state index is -0.121. The zero-order chi connectivity index (χ0) is 20.4. The smallest absolute Gasteiger partial charge is 0.233 e. The van der Waals surface area contributed by atoms with Crippen molar-refractivity contribution in [3.8, 4) is 6.07 Å². The molecule has 2 amide bonds. The van der Waals surface area contributed by atoms with Crippen molar-refractivity contribution in [1.82, 2.24) is 15.5 Å². The molecule has 2 bridgehead atoms. The summed E-state index contributed by atoms with van der Waals surface area (Å²) < 4.78 is 0. The average molecular weight is 519 g/mol. The number of carbonyl (C=O) groups is 2. The van der Waals surface area contributed by atoms with Crippen LogP contribution in [0, 0.1) is 35.0 Å². The highest BCUT2D eigenvalue weighted by atomic mass is 127. The highest BCUT2D eigenvalue weighted by Gasteiger charge is 2.58. The Morgan fingerprint density at radius 2 is 1.90 bits per heavy atom. The number of nitrogens with one attached hydrogen (secondary N) is 2. The lowest BCUT2D eigenvalue weighted by Gasteiger charge is -2.18. The van der Waals surface area contributed by atoms with Gasteiger partial charge in [0.2, 0.25) is 11.8 Å². The molecule has 8 heteroatoms. The van der Waals surface area contributed by atoms with Gasteiger partial charge in [0.15, 0.2) is 5.96 Å². The Labute approximate surface area is 193 Å². The minimum Gasteiger partial charge on any atom is -0.356 e. The first kappa shape index (κ1) is 22.3. The quantitative estimate of drug-likeness (QED) is 0.150. The summed E-state index contributed by atoms with van der Waals surface area (Å²) in [5, 5.41) is 15.4. The number of amides is 2. The van der Waals surface area contributed by atoms with Crippen LogP contribution in [0.4, 0.5) is 0 Å². The summed E-state index contributed by atoms with van der Waals surface area (Å²) in [6.07, 6.45) is 5.86. The number of imide groups is 1. The van der Waals surface area contributed by atoms with Crippen molar-refractivity contribution in [2.24, 2.45) is 28.7 Å². The maximum atomic E-state index is 12.7. The van der Waals surface area contributed by atoms with Crippen molar-refractivity contribution < 1.29 is 9.59 Å². The van der Waals surface area contributed by atoms with E-state index in [1.165, 1.54) is 4.90 Å². The fraction of sp³-hybridized carbons (Fsp3) is 0.455. The van der Waals surface area contributed by atoms with Gasteiger partial charge >= 0.3 is 0 Å². The number of guanidine groups is 1. The first-order valence-corrected chi connectivity index (χ1v) is 10.1. The van der Waals surface area contributed by atoms with Gasteiger partial charge in [0.05, 0.1) is 23.5 Å². The third-order valence-electron chi connectivity index (χ3n) is 6.15. The van der Waals surface area contributed by atoms with Gasteiger partial charge < -0.3 is 10.6 Å². The topological polar surface area (TPSA) is 97.6 Å². The molecule has 1 aliphatic heterocycles. The zero-order valence-electron chi connectivity index (χ0n) is 16.9. The van der Waals surface area contributed by atoms with Gasteiger partial charge in [-0.1, -0.05) is 24.3 Å². The van der Waals surface area contributed by atoms with Crippen molar-refractivity contribution in [2.45, 2.75) is 19.4 Å². The van der Waals surface area contributed by atoms with E-state index < -0.39 is 0 Å². The molecule has 2 N–H and O–H groups in total. The Balaban J connectivity index is 0.00000256. The van der Waals surface area contributed by atoms with Gasteiger partial charge in [0.1, 0.15) is 0 Å². The Hall–Kier alpha value is -2.41. The number of likely N-dealkylation sites (tertiary alicyclic amines) is 1. The molecule has 2 aliphatic carbocycles. The van der Waals surface area contributed by atoms with Crippen LogP contribution in [-0.2, 0) is 16.1 Å². The van der Waals surface area contributed by atoms with Crippen molar-refractivity contribution in [3.63, 3.8) is 0 Å². The van der Waals surface area contributed by atoms with Crippen LogP contribution in [0.25, 0.3) is 0 Å². The molecule has 4 rings (SSSR count). The largest absolute Gasteiger partial charge is 0.356 e. The lowest BCUT2D eigenvalue weighted by Crippen LogP contribution is -2.39. The SMILES string of the molecule is CN=C(NCCCN1C(=O)C2C3C=CC(C3)C2C1=O)NCc1cccc(C#N)c1.I. The van der Waals surface area contributed by atoms with E-state index in [1.54, 1.807) is 13.1 Å². The predicted octanol–water partition coefficient (Wildman–Crippen LogP) is 2.04. The Morgan fingerprint density at radius 1 is 1.20 bits per heavy atom. The average Bonchev–Trinajstić information content (AvgIpc) is 3.42. The molecule has 1 saturated carbocycles. The van der Waals surface area contributed by atoms with E-state index in [1.807, 2.05) is 18.2 Å². The molecule has 2 fully saturated rings. The number of nitrogens with zero attached hydrogens (tertiary/aromatic N) is 3. The van der Waals surface area contributed by atoms with Crippen molar-refractivity contribution in [3.05, 3.63) is 47.5 Å². The van der Waals surface area contributed by atoms with Crippen molar-refractivity contribution in [2.75, 3.05) is 20.1 Å². The highest BCUT2D eigenvalue weighted by molar-refractivity contribution is 14.0. The van der Waals surface area contributed by atoms with Gasteiger partial charge in [-0.05, 0) is 42.4 Å². The number of halogens is 1. The molecule has 158 valence electrons. The van der Waals surface area contributed by atoms with Crippen LogP contribution in [0.5, 0.6) is 0 Å². The summed E-state index contributed by atoms with van der Waals surface area (Å²) in [7, 11) is 1.69. The van der Waals surface area contributed by atoms with Gasteiger partial charge in [-0.25, -0.2) is 0 Å². The molecule has 0 radical (unpaired) electrons. The second kappa shape index (κ2) is 9.60. The summed E-state index contributed by atoms with van der Waals surface area (Å²) in [6.45, 7) is 1.60. The van der Waals surface area contributed by atoms with Crippen molar-refractivity contribution >= 4 is 41.8 Å². The molecular formula is C22H26IN5O2. The Morgan fingerprint density at radius 3 is 2.53 bits per heavy atom. The monoisotopic (exact) mass is 519 g/mol. The third-order valence-corrected chi connectivity index (χ3v) is 6.15. The molecule has 7 nitrogen and oxygen atoms in total. The van der Waals surface area contributed by atoms with Crippen LogP contribution in [-0.4, -0.2) is 42.8 Å². The highest BCUT2D eigenvalue weighted by Crippen LogP contribution is 2.52. The molecule has 0 spiro atoms. The lowest BCUT2D eigenvalue weighted by atomic mass is 9.85. The van der Waals surface area contributed by atoms with Gasteiger partial charge in [-0.2, -0.15) is 5.26 Å². The normalized spacial score (nSPS) is 26.4. The maximum absolute atomic E-state index is 12.7. The van der Waals surface area contributed by atoms with E-state index in [4.69, 9.17) is 5.26 Å². The van der Waals surface area contributed by atoms with E-state index in [2.05, 4.69) is 33.8 Å². The molecular weight excluding hydrogens is 493 g/mol. The van der Waals surface area contributed by atoms with E-state index in [9.17, 15) is 9.59 Å². The third kappa shape index (κ3) is 4.21. The summed E-state index contributed by atoms with van der Waals surface area (Å²) in [6, 6.07) is 9.54. The second-order valence-corrected chi connectivity index (χ2v) is 7.85. The van der Waals surface area contributed by atoms with Crippen molar-refractivity contribution in [1.29, 1.82) is 5.26 Å². The molecule has 0 aromatic heterocycles. The van der Waals surface area contributed by atoms with Crippen LogP contribution >= 0.6 is 24.0 Å². The minimum absolute atomic E-state index is 0. The van der Waals surface area contributed by atoms with Gasteiger partial charge in [0.25, 0.3) is 0 Å². The van der Waals surface area contributed by atoms with Crippen LogP contribution in [0.3, 0.4) is 0 Å². The number of benzene rings is 1. The first-order valence-electron chi connectivity index (χ1n) is 10.1. The van der Waals surface area contributed by atoms with E-state index >= 15 is 0 Å². The first-order chi connectivity index (χ1) is 14.1. The molecule has 30 heavy (non-hydrogen) atoms. The molecule has 3 aliphatic rings.